The molecule has 9 N–H and O–H groups in total. The van der Waals surface area contributed by atoms with Crippen LogP contribution in [-0.4, -0.2) is 126 Å². The molecule has 1 unspecified atom stereocenters. The molecule has 1 aromatic heterocycles. The molecule has 0 spiro atoms. The maximum absolute atomic E-state index is 16.1. The largest absolute Gasteiger partial charge is 0.399 e. The van der Waals surface area contributed by atoms with Gasteiger partial charge in [-0.15, -0.1) is 0 Å². The molecule has 402 valence electrons. The van der Waals surface area contributed by atoms with Crippen LogP contribution in [0.3, 0.4) is 0 Å². The summed E-state index contributed by atoms with van der Waals surface area (Å²) >= 11 is 0. The maximum atomic E-state index is 16.1. The Labute approximate surface area is 436 Å². The molecule has 0 saturated carbocycles. The van der Waals surface area contributed by atoms with Crippen LogP contribution in [0.15, 0.2) is 97.1 Å². The first-order chi connectivity index (χ1) is 36.6. The van der Waals surface area contributed by atoms with Gasteiger partial charge in [-0.25, -0.2) is 4.39 Å². The first-order valence-corrected chi connectivity index (χ1v) is 26.2. The number of imide groups is 2. The number of hydrogen-bond acceptors (Lipinski definition) is 11. The van der Waals surface area contributed by atoms with E-state index in [1.807, 2.05) is 36.4 Å². The number of nitrogens with zero attached hydrogens (tertiary/aromatic N) is 3. The predicted octanol–water partition coefficient (Wildman–Crippen LogP) is 2.96. The first-order valence-electron chi connectivity index (χ1n) is 24.5. The zero-order valence-electron chi connectivity index (χ0n) is 40.7. The molecule has 3 fully saturated rings. The molecule has 4 aliphatic rings. The lowest BCUT2D eigenvalue weighted by Crippen LogP contribution is -2.61. The van der Waals surface area contributed by atoms with Crippen molar-refractivity contribution in [2.45, 2.75) is 93.4 Å². The fraction of sp³-hybridized carbons (Fsp3) is 0.327. The third-order valence-electron chi connectivity index (χ3n) is 14.3. The molecular formula is C52H51F3N9O12P. The monoisotopic (exact) mass is 1080 g/mol. The van der Waals surface area contributed by atoms with E-state index >= 15 is 9.18 Å². The summed E-state index contributed by atoms with van der Waals surface area (Å²) in [5.41, 5.74) is 0.555. The highest BCUT2D eigenvalue weighted by molar-refractivity contribution is 7.52. The Bertz CT molecular complexity index is 3250. The number of carbonyl (C=O) groups is 9. The van der Waals surface area contributed by atoms with Gasteiger partial charge in [0, 0.05) is 60.5 Å². The van der Waals surface area contributed by atoms with Gasteiger partial charge in [0.15, 0.2) is 0 Å². The highest BCUT2D eigenvalue weighted by Crippen LogP contribution is 2.59. The highest BCUT2D eigenvalue weighted by atomic mass is 31.2. The molecule has 0 bridgehead atoms. The van der Waals surface area contributed by atoms with E-state index in [-0.39, 0.29) is 97.9 Å². The summed E-state index contributed by atoms with van der Waals surface area (Å²) in [6.45, 7) is -0.577. The molecule has 5 heterocycles. The van der Waals surface area contributed by atoms with Crippen molar-refractivity contribution in [3.8, 4) is 0 Å². The Morgan fingerprint density at radius 2 is 1.49 bits per heavy atom. The van der Waals surface area contributed by atoms with E-state index in [0.717, 1.165) is 47.5 Å². The lowest BCUT2D eigenvalue weighted by molar-refractivity contribution is -0.144. The summed E-state index contributed by atoms with van der Waals surface area (Å²) < 4.78 is 57.2. The number of hydrogen-bond donors (Lipinski definition) is 8. The molecule has 0 radical (unpaired) electrons. The zero-order chi connectivity index (χ0) is 55.1. The Morgan fingerprint density at radius 1 is 0.831 bits per heavy atom. The van der Waals surface area contributed by atoms with Crippen LogP contribution in [0.4, 0.5) is 13.2 Å². The van der Waals surface area contributed by atoms with Crippen molar-refractivity contribution in [3.63, 3.8) is 0 Å². The van der Waals surface area contributed by atoms with Crippen molar-refractivity contribution in [1.29, 1.82) is 0 Å². The van der Waals surface area contributed by atoms with E-state index in [9.17, 15) is 61.5 Å². The van der Waals surface area contributed by atoms with E-state index in [0.29, 0.717) is 4.90 Å². The van der Waals surface area contributed by atoms with Gasteiger partial charge in [0.1, 0.15) is 35.7 Å². The maximum Gasteiger partial charge on any atom is 0.399 e. The zero-order valence-corrected chi connectivity index (χ0v) is 41.6. The quantitative estimate of drug-likeness (QED) is 0.0522. The number of halogens is 3. The lowest BCUT2D eigenvalue weighted by Gasteiger charge is -2.39. The van der Waals surface area contributed by atoms with E-state index in [1.165, 1.54) is 4.90 Å². The van der Waals surface area contributed by atoms with Crippen LogP contribution in [0.2, 0.25) is 0 Å². The molecular weight excluding hydrogens is 1030 g/mol. The van der Waals surface area contributed by atoms with Gasteiger partial charge in [-0.2, -0.15) is 8.78 Å². The molecule has 5 aromatic rings. The number of aromatic nitrogens is 1. The van der Waals surface area contributed by atoms with Crippen LogP contribution in [0.25, 0.3) is 10.9 Å². The van der Waals surface area contributed by atoms with Gasteiger partial charge >= 0.3 is 13.3 Å². The SMILES string of the molecule is NC(=O)CC[C@H](NC(=O)[C@@H]1CC[C@@H]2CCN(Cc3cc4c(cc3F)C(=O)N(C3CCC(=O)NC3=O)C4=O)C[C@H](NC(=O)c3cc4cc(C(F)(F)P(=O)(O)O)ccc4[nH]3)C(=O)N21)C(=O)NC(c1ccccc1)c1ccccc1. The van der Waals surface area contributed by atoms with Crippen molar-refractivity contribution >= 4 is 71.7 Å². The minimum atomic E-state index is -5.97. The van der Waals surface area contributed by atoms with E-state index < -0.39 is 114 Å². The van der Waals surface area contributed by atoms with Gasteiger partial charge in [-0.3, -0.25) is 62.8 Å². The topological polar surface area (TPSA) is 311 Å². The number of primary amides is 1. The van der Waals surface area contributed by atoms with Gasteiger partial charge in [-0.05, 0) is 73.6 Å². The van der Waals surface area contributed by atoms with Gasteiger partial charge < -0.3 is 41.4 Å². The van der Waals surface area contributed by atoms with Crippen molar-refractivity contribution in [1.82, 2.24) is 41.0 Å². The smallest absolute Gasteiger partial charge is 0.370 e. The second-order valence-electron chi connectivity index (χ2n) is 19.4. The van der Waals surface area contributed by atoms with Crippen molar-refractivity contribution < 1.29 is 70.7 Å². The molecule has 9 rings (SSSR count). The van der Waals surface area contributed by atoms with E-state index in [1.54, 1.807) is 29.2 Å². The summed E-state index contributed by atoms with van der Waals surface area (Å²) in [6.07, 6.45) is -0.281. The van der Waals surface area contributed by atoms with Gasteiger partial charge in [-0.1, -0.05) is 66.7 Å². The highest BCUT2D eigenvalue weighted by Gasteiger charge is 2.51. The molecule has 77 heavy (non-hydrogen) atoms. The Morgan fingerprint density at radius 3 is 2.13 bits per heavy atom. The molecule has 21 nitrogen and oxygen atoms in total. The third-order valence-corrected chi connectivity index (χ3v) is 15.3. The molecule has 9 amide bonds. The second kappa shape index (κ2) is 21.5. The number of nitrogens with one attached hydrogen (secondary N) is 5. The minimum Gasteiger partial charge on any atom is -0.370 e. The summed E-state index contributed by atoms with van der Waals surface area (Å²) in [5, 5.41) is 10.4. The number of H-pyrrole nitrogens is 1. The summed E-state index contributed by atoms with van der Waals surface area (Å²) in [6, 6.07) is 17.1. The standard InChI is InChI=1S/C52H51F3N9O12P/c53-35-24-34-33(49(71)64(50(34)72)41-16-18-43(66)60-48(41)70)22-30(35)25-62-20-19-32-12-15-40(47(69)58-37(14-17-42(56)65)45(67)61-44(27-7-3-1-4-8-27)28-9-5-2-6-10-28)63(32)51(73)39(26-62)59-46(68)38-23-29-21-31(11-13-36(29)57-38)52(54,55)77(74,75)76/h1-11,13,21-24,32,37,39-41,44,57H,12,14-20,25-26H2,(H2,56,65)(H,58,69)(H,59,68)(H,61,67)(H,60,66,70)(H2,74,75,76)/t32-,37+,39+,40+,41?/m1/s1. The number of nitrogens with two attached hydrogens (primary N) is 1. The van der Waals surface area contributed by atoms with Crippen molar-refractivity contribution in [3.05, 3.63) is 142 Å². The Kier molecular flexibility index (Phi) is 15.0. The van der Waals surface area contributed by atoms with E-state index in [4.69, 9.17) is 5.73 Å². The molecule has 4 aromatic carbocycles. The van der Waals surface area contributed by atoms with Gasteiger partial charge in [0.25, 0.3) is 17.7 Å². The third kappa shape index (κ3) is 11.0. The van der Waals surface area contributed by atoms with Crippen LogP contribution in [-0.2, 0) is 45.5 Å². The van der Waals surface area contributed by atoms with Crippen LogP contribution in [0, 0.1) is 5.82 Å². The fourth-order valence-corrected chi connectivity index (χ4v) is 10.9. The number of alkyl halides is 2. The summed E-state index contributed by atoms with van der Waals surface area (Å²) in [5.74, 6) is -8.09. The minimum absolute atomic E-state index is 0.0483. The normalized spacial score (nSPS) is 20.6. The number of benzene rings is 4. The summed E-state index contributed by atoms with van der Waals surface area (Å²) in [4.78, 5) is 147. The number of carbonyl (C=O) groups excluding carboxylic acids is 9. The van der Waals surface area contributed by atoms with Crippen LogP contribution in [0.5, 0.6) is 0 Å². The van der Waals surface area contributed by atoms with Gasteiger partial charge in [0.2, 0.25) is 35.4 Å². The average Bonchev–Trinajstić information content (AvgIpc) is 4.18. The van der Waals surface area contributed by atoms with Crippen LogP contribution in [0.1, 0.15) is 104 Å². The second-order valence-corrected chi connectivity index (χ2v) is 21.0. The summed E-state index contributed by atoms with van der Waals surface area (Å²) in [7, 11) is -5.97. The number of piperidine rings is 1. The molecule has 3 saturated heterocycles. The Balaban J connectivity index is 0.995. The number of aromatic amines is 1. The average molecular weight is 1080 g/mol. The van der Waals surface area contributed by atoms with E-state index in [2.05, 4.69) is 26.3 Å². The lowest BCUT2D eigenvalue weighted by atomic mass is 9.98. The Hall–Kier alpha value is -8.05. The molecule has 5 atom stereocenters. The van der Waals surface area contributed by atoms with Gasteiger partial charge in [0.05, 0.1) is 17.2 Å². The number of fused-ring (bicyclic) bond motifs is 3. The van der Waals surface area contributed by atoms with Crippen molar-refractivity contribution in [2.24, 2.45) is 5.73 Å². The van der Waals surface area contributed by atoms with Crippen LogP contribution >= 0.6 is 7.60 Å². The number of amides is 9. The molecule has 25 heteroatoms. The number of rotatable bonds is 16. The fourth-order valence-electron chi connectivity index (χ4n) is 10.4. The van der Waals surface area contributed by atoms with Crippen molar-refractivity contribution in [2.75, 3.05) is 13.1 Å². The molecule has 4 aliphatic heterocycles. The molecule has 0 aliphatic carbocycles. The first kappa shape index (κ1) is 53.8. The van der Waals surface area contributed by atoms with Crippen LogP contribution < -0.4 is 27.0 Å². The predicted molar refractivity (Wildman–Crippen MR) is 265 cm³/mol.